The van der Waals surface area contributed by atoms with E-state index in [2.05, 4.69) is 6.92 Å². The van der Waals surface area contributed by atoms with Crippen molar-refractivity contribution >= 4 is 11.6 Å². The van der Waals surface area contributed by atoms with Gasteiger partial charge < -0.3 is 10.2 Å². The zero-order valence-corrected chi connectivity index (χ0v) is 13.9. The molecule has 2 N–H and O–H groups in total. The van der Waals surface area contributed by atoms with E-state index in [9.17, 15) is 19.8 Å². The van der Waals surface area contributed by atoms with Crippen molar-refractivity contribution in [2.45, 2.75) is 64.6 Å². The lowest BCUT2D eigenvalue weighted by Gasteiger charge is -2.59. The second-order valence-corrected chi connectivity index (χ2v) is 8.68. The zero-order valence-electron chi connectivity index (χ0n) is 13.9. The molecule has 4 rings (SSSR count). The monoisotopic (exact) mass is 318 g/mol. The van der Waals surface area contributed by atoms with Crippen LogP contribution in [0.25, 0.3) is 0 Å². The molecule has 0 amide bonds. The summed E-state index contributed by atoms with van der Waals surface area (Å²) in [5.74, 6) is 0.494. The van der Waals surface area contributed by atoms with E-state index in [0.29, 0.717) is 25.7 Å². The predicted octanol–water partition coefficient (Wildman–Crippen LogP) is 2.03. The number of aliphatic hydroxyl groups is 2. The van der Waals surface area contributed by atoms with Gasteiger partial charge in [-0.3, -0.25) is 9.59 Å². The Morgan fingerprint density at radius 1 is 1.13 bits per heavy atom. The van der Waals surface area contributed by atoms with Gasteiger partial charge >= 0.3 is 0 Å². The standard InChI is InChI=1S/C19H26O4/c1-18-6-5-11(20)7-10(18)8-13(21)16-12-3-4-15(23)19(12,2)9-14(22)17(16)18/h8,12-14,16-17,21-22H,3-7,9H2,1-2H3/t12-,13-,14+,16+,17?,18-,19-/m0/s1. The number of hydrogen-bond acceptors (Lipinski definition) is 4. The van der Waals surface area contributed by atoms with Crippen LogP contribution in [0.3, 0.4) is 0 Å². The lowest BCUT2D eigenvalue weighted by atomic mass is 9.46. The molecule has 3 fully saturated rings. The maximum atomic E-state index is 12.4. The third-order valence-electron chi connectivity index (χ3n) is 7.61. The van der Waals surface area contributed by atoms with E-state index in [-0.39, 0.29) is 34.7 Å². The Morgan fingerprint density at radius 3 is 2.61 bits per heavy atom. The van der Waals surface area contributed by atoms with Gasteiger partial charge in [0.1, 0.15) is 11.6 Å². The van der Waals surface area contributed by atoms with Crippen molar-refractivity contribution in [2.24, 2.45) is 28.6 Å². The maximum Gasteiger partial charge on any atom is 0.139 e. The van der Waals surface area contributed by atoms with Gasteiger partial charge in [-0.15, -0.1) is 0 Å². The molecule has 1 unspecified atom stereocenters. The highest BCUT2D eigenvalue weighted by atomic mass is 16.3. The normalized spacial score (nSPS) is 52.5. The van der Waals surface area contributed by atoms with E-state index >= 15 is 0 Å². The molecule has 0 aromatic rings. The van der Waals surface area contributed by atoms with Crippen LogP contribution in [-0.2, 0) is 9.59 Å². The summed E-state index contributed by atoms with van der Waals surface area (Å²) in [6.07, 6.45) is 4.24. The molecule has 4 heteroatoms. The first-order valence-electron chi connectivity index (χ1n) is 8.90. The number of aliphatic hydroxyl groups excluding tert-OH is 2. The van der Waals surface area contributed by atoms with Crippen LogP contribution in [0.15, 0.2) is 11.6 Å². The molecule has 0 radical (unpaired) electrons. The van der Waals surface area contributed by atoms with E-state index in [1.807, 2.05) is 13.0 Å². The molecule has 126 valence electrons. The molecule has 0 aliphatic heterocycles. The summed E-state index contributed by atoms with van der Waals surface area (Å²) in [6.45, 7) is 4.13. The molecule has 0 aromatic heterocycles. The Labute approximate surface area is 137 Å². The highest BCUT2D eigenvalue weighted by Gasteiger charge is 2.63. The smallest absolute Gasteiger partial charge is 0.139 e. The number of ketones is 2. The second kappa shape index (κ2) is 4.76. The number of rotatable bonds is 0. The third-order valence-corrected chi connectivity index (χ3v) is 7.61. The lowest BCUT2D eigenvalue weighted by molar-refractivity contribution is -0.156. The van der Waals surface area contributed by atoms with Gasteiger partial charge in [-0.25, -0.2) is 0 Å². The first-order valence-corrected chi connectivity index (χ1v) is 8.90. The second-order valence-electron chi connectivity index (χ2n) is 8.68. The molecule has 0 spiro atoms. The molecular weight excluding hydrogens is 292 g/mol. The summed E-state index contributed by atoms with van der Waals surface area (Å²) in [7, 11) is 0. The van der Waals surface area contributed by atoms with Gasteiger partial charge in [0.15, 0.2) is 0 Å². The van der Waals surface area contributed by atoms with Crippen LogP contribution in [0.2, 0.25) is 0 Å². The average Bonchev–Trinajstić information content (AvgIpc) is 2.76. The average molecular weight is 318 g/mol. The highest BCUT2D eigenvalue weighted by molar-refractivity contribution is 5.87. The first-order chi connectivity index (χ1) is 10.8. The fraction of sp³-hybridized carbons (Fsp3) is 0.789. The lowest BCUT2D eigenvalue weighted by Crippen LogP contribution is -2.59. The van der Waals surface area contributed by atoms with E-state index in [1.54, 1.807) is 0 Å². The van der Waals surface area contributed by atoms with E-state index in [1.165, 1.54) is 0 Å². The maximum absolute atomic E-state index is 12.4. The Kier molecular flexibility index (Phi) is 3.21. The minimum Gasteiger partial charge on any atom is -0.393 e. The Morgan fingerprint density at radius 2 is 1.87 bits per heavy atom. The first kappa shape index (κ1) is 15.5. The van der Waals surface area contributed by atoms with Gasteiger partial charge in [0, 0.05) is 24.7 Å². The van der Waals surface area contributed by atoms with Crippen molar-refractivity contribution in [3.63, 3.8) is 0 Å². The molecule has 23 heavy (non-hydrogen) atoms. The van der Waals surface area contributed by atoms with Gasteiger partial charge in [0.2, 0.25) is 0 Å². The van der Waals surface area contributed by atoms with Gasteiger partial charge in [0.25, 0.3) is 0 Å². The molecule has 4 aliphatic rings. The summed E-state index contributed by atoms with van der Waals surface area (Å²) in [5.41, 5.74) is 0.298. The van der Waals surface area contributed by atoms with Crippen molar-refractivity contribution in [3.8, 4) is 0 Å². The van der Waals surface area contributed by atoms with Gasteiger partial charge in [0.05, 0.1) is 12.2 Å². The van der Waals surface area contributed by atoms with Crippen LogP contribution in [0.5, 0.6) is 0 Å². The van der Waals surface area contributed by atoms with Gasteiger partial charge in [-0.05, 0) is 42.4 Å². The van der Waals surface area contributed by atoms with Gasteiger partial charge in [-0.2, -0.15) is 0 Å². The topological polar surface area (TPSA) is 74.6 Å². The van der Waals surface area contributed by atoms with Gasteiger partial charge in [-0.1, -0.05) is 25.5 Å². The van der Waals surface area contributed by atoms with Crippen LogP contribution in [0, 0.1) is 28.6 Å². The predicted molar refractivity (Wildman–Crippen MR) is 84.5 cm³/mol. The van der Waals surface area contributed by atoms with E-state index in [0.717, 1.165) is 18.4 Å². The van der Waals surface area contributed by atoms with Crippen molar-refractivity contribution in [1.29, 1.82) is 0 Å². The van der Waals surface area contributed by atoms with E-state index in [4.69, 9.17) is 0 Å². The number of carbonyl (C=O) groups is 2. The van der Waals surface area contributed by atoms with Crippen LogP contribution in [0.4, 0.5) is 0 Å². The van der Waals surface area contributed by atoms with Crippen LogP contribution in [0.1, 0.15) is 52.4 Å². The molecule has 0 bridgehead atoms. The SMILES string of the molecule is C[C@]12CCC(=O)CC1=C[C@H](O)[C@@H]1C2[C@H](O)C[C@]2(C)C(=O)CC[C@@H]12. The minimum atomic E-state index is -0.654. The Bertz CT molecular complexity index is 608. The minimum absolute atomic E-state index is 0.0467. The molecular formula is C19H26O4. The summed E-state index contributed by atoms with van der Waals surface area (Å²) in [5, 5.41) is 21.7. The Hall–Kier alpha value is -1.00. The number of hydrogen-bond donors (Lipinski definition) is 2. The molecule has 4 aliphatic carbocycles. The summed E-state index contributed by atoms with van der Waals surface area (Å²) in [4.78, 5) is 24.3. The zero-order chi connectivity index (χ0) is 16.6. The van der Waals surface area contributed by atoms with Crippen molar-refractivity contribution in [2.75, 3.05) is 0 Å². The molecule has 7 atom stereocenters. The quantitative estimate of drug-likeness (QED) is 0.670. The van der Waals surface area contributed by atoms with Crippen molar-refractivity contribution < 1.29 is 19.8 Å². The van der Waals surface area contributed by atoms with E-state index < -0.39 is 17.6 Å². The highest BCUT2D eigenvalue weighted by Crippen LogP contribution is 2.63. The molecule has 0 saturated heterocycles. The summed E-state index contributed by atoms with van der Waals surface area (Å²) < 4.78 is 0. The van der Waals surface area contributed by atoms with Crippen molar-refractivity contribution in [1.82, 2.24) is 0 Å². The third kappa shape index (κ3) is 1.91. The van der Waals surface area contributed by atoms with Crippen LogP contribution < -0.4 is 0 Å². The van der Waals surface area contributed by atoms with Crippen molar-refractivity contribution in [3.05, 3.63) is 11.6 Å². The molecule has 0 aromatic carbocycles. The number of Topliss-reactive ketones (excluding diaryl/α,β-unsaturated/α-hetero) is 2. The van der Waals surface area contributed by atoms with Crippen LogP contribution >= 0.6 is 0 Å². The molecule has 0 heterocycles. The number of allylic oxidation sites excluding steroid dienone is 1. The van der Waals surface area contributed by atoms with Crippen LogP contribution in [-0.4, -0.2) is 34.0 Å². The Balaban J connectivity index is 1.81. The summed E-state index contributed by atoms with van der Waals surface area (Å²) >= 11 is 0. The largest absolute Gasteiger partial charge is 0.393 e. The number of carbonyl (C=O) groups excluding carboxylic acids is 2. The fourth-order valence-electron chi connectivity index (χ4n) is 6.36. The molecule has 4 nitrogen and oxygen atoms in total. The summed E-state index contributed by atoms with van der Waals surface area (Å²) in [6, 6.07) is 0. The molecule has 3 saturated carbocycles. The number of fused-ring (bicyclic) bond motifs is 5. The fourth-order valence-corrected chi connectivity index (χ4v) is 6.36.